The average Bonchev–Trinajstić information content (AvgIpc) is 2.03. The van der Waals surface area contributed by atoms with E-state index in [1.165, 1.54) is 0 Å². The first-order valence-corrected chi connectivity index (χ1v) is 5.38. The van der Waals surface area contributed by atoms with Crippen molar-refractivity contribution in [3.05, 3.63) is 0 Å². The summed E-state index contributed by atoms with van der Waals surface area (Å²) in [5.74, 6) is 0. The molecule has 0 saturated heterocycles. The standard InChI is InChI=1S/C8H17IN2O2/c1-4-5-8(2,3)13-6-10-7(12)11-9/h4-6H2,1-3H3,(H2,10,11,12). The molecule has 0 heterocycles. The van der Waals surface area contributed by atoms with E-state index >= 15 is 0 Å². The van der Waals surface area contributed by atoms with Gasteiger partial charge in [0.1, 0.15) is 6.73 Å². The van der Waals surface area contributed by atoms with Gasteiger partial charge in [-0.1, -0.05) is 13.3 Å². The summed E-state index contributed by atoms with van der Waals surface area (Å²) in [5.41, 5.74) is -0.159. The molecule has 0 aliphatic heterocycles. The molecule has 0 spiro atoms. The normalized spacial score (nSPS) is 11.1. The van der Waals surface area contributed by atoms with Crippen LogP contribution in [0, 0.1) is 0 Å². The fraction of sp³-hybridized carbons (Fsp3) is 0.875. The van der Waals surface area contributed by atoms with Gasteiger partial charge < -0.3 is 10.1 Å². The van der Waals surface area contributed by atoms with Gasteiger partial charge in [0.05, 0.1) is 28.5 Å². The molecule has 0 aliphatic rings. The Bertz CT molecular complexity index is 162. The van der Waals surface area contributed by atoms with Crippen molar-refractivity contribution in [3.8, 4) is 0 Å². The molecule has 0 aromatic carbocycles. The van der Waals surface area contributed by atoms with Gasteiger partial charge in [-0.2, -0.15) is 0 Å². The van der Waals surface area contributed by atoms with Crippen LogP contribution >= 0.6 is 22.9 Å². The van der Waals surface area contributed by atoms with E-state index in [1.807, 2.05) is 13.8 Å². The number of ether oxygens (including phenoxy) is 1. The molecule has 0 aliphatic carbocycles. The van der Waals surface area contributed by atoms with Crippen LogP contribution in [0.2, 0.25) is 0 Å². The molecular weight excluding hydrogens is 283 g/mol. The molecule has 0 aromatic heterocycles. The second-order valence-corrected chi connectivity index (χ2v) is 3.94. The van der Waals surface area contributed by atoms with Crippen LogP contribution in [0.3, 0.4) is 0 Å². The number of carbonyl (C=O) groups is 1. The van der Waals surface area contributed by atoms with Crippen LogP contribution in [0.4, 0.5) is 4.79 Å². The lowest BCUT2D eigenvalue weighted by atomic mass is 10.0. The van der Waals surface area contributed by atoms with Gasteiger partial charge in [0.15, 0.2) is 0 Å². The number of urea groups is 1. The van der Waals surface area contributed by atoms with Crippen molar-refractivity contribution >= 4 is 28.9 Å². The quantitative estimate of drug-likeness (QED) is 0.464. The van der Waals surface area contributed by atoms with Gasteiger partial charge in [0.2, 0.25) is 0 Å². The lowest BCUT2D eigenvalue weighted by Crippen LogP contribution is -2.36. The number of hydrogen-bond acceptors (Lipinski definition) is 2. The van der Waals surface area contributed by atoms with Gasteiger partial charge >= 0.3 is 6.03 Å². The molecular formula is C8H17IN2O2. The van der Waals surface area contributed by atoms with Crippen LogP contribution in [0.5, 0.6) is 0 Å². The van der Waals surface area contributed by atoms with Gasteiger partial charge in [-0.3, -0.25) is 3.53 Å². The van der Waals surface area contributed by atoms with E-state index in [0.29, 0.717) is 0 Å². The summed E-state index contributed by atoms with van der Waals surface area (Å²) in [6.45, 7) is 6.39. The molecule has 0 atom stereocenters. The third-order valence-corrected chi connectivity index (χ3v) is 2.12. The average molecular weight is 300 g/mol. The number of carbonyl (C=O) groups excluding carboxylic acids is 1. The van der Waals surface area contributed by atoms with E-state index in [4.69, 9.17) is 4.74 Å². The highest BCUT2D eigenvalue weighted by Gasteiger charge is 2.16. The lowest BCUT2D eigenvalue weighted by Gasteiger charge is -2.24. The summed E-state index contributed by atoms with van der Waals surface area (Å²) in [6, 6.07) is -0.229. The van der Waals surface area contributed by atoms with Crippen molar-refractivity contribution in [1.29, 1.82) is 0 Å². The predicted molar refractivity (Wildman–Crippen MR) is 60.6 cm³/mol. The Balaban J connectivity index is 3.56. The van der Waals surface area contributed by atoms with Crippen LogP contribution < -0.4 is 8.85 Å². The SMILES string of the molecule is CCCC(C)(C)OCNC(=O)NI. The van der Waals surface area contributed by atoms with Crippen LogP contribution in [0.15, 0.2) is 0 Å². The number of halogens is 1. The van der Waals surface area contributed by atoms with E-state index in [-0.39, 0.29) is 18.4 Å². The van der Waals surface area contributed by atoms with Crippen LogP contribution in [0.1, 0.15) is 33.6 Å². The van der Waals surface area contributed by atoms with Gasteiger partial charge in [0, 0.05) is 0 Å². The smallest absolute Gasteiger partial charge is 0.325 e. The number of rotatable bonds is 5. The molecule has 4 nitrogen and oxygen atoms in total. The maximum absolute atomic E-state index is 10.7. The highest BCUT2D eigenvalue weighted by molar-refractivity contribution is 14.1. The third-order valence-electron chi connectivity index (χ3n) is 1.63. The third kappa shape index (κ3) is 7.06. The molecule has 0 fully saturated rings. The summed E-state index contributed by atoms with van der Waals surface area (Å²) in [5, 5.41) is 2.57. The minimum absolute atomic E-state index is 0.159. The Labute approximate surface area is 93.3 Å². The van der Waals surface area contributed by atoms with Crippen molar-refractivity contribution in [2.75, 3.05) is 6.73 Å². The Morgan fingerprint density at radius 3 is 2.62 bits per heavy atom. The molecule has 0 radical (unpaired) electrons. The zero-order chi connectivity index (χ0) is 10.3. The topological polar surface area (TPSA) is 50.4 Å². The van der Waals surface area contributed by atoms with E-state index in [9.17, 15) is 4.79 Å². The highest BCUT2D eigenvalue weighted by Crippen LogP contribution is 2.15. The largest absolute Gasteiger partial charge is 0.355 e. The van der Waals surface area contributed by atoms with Crippen molar-refractivity contribution in [1.82, 2.24) is 8.85 Å². The number of hydrogen-bond donors (Lipinski definition) is 2. The molecule has 0 bridgehead atoms. The summed E-state index contributed by atoms with van der Waals surface area (Å²) in [4.78, 5) is 10.7. The second kappa shape index (κ2) is 6.42. The molecule has 2 N–H and O–H groups in total. The van der Waals surface area contributed by atoms with Crippen molar-refractivity contribution in [3.63, 3.8) is 0 Å². The minimum Gasteiger partial charge on any atom is -0.355 e. The number of amides is 2. The van der Waals surface area contributed by atoms with Crippen LogP contribution in [-0.4, -0.2) is 18.4 Å². The Morgan fingerprint density at radius 1 is 1.54 bits per heavy atom. The van der Waals surface area contributed by atoms with E-state index in [1.54, 1.807) is 22.9 Å². The molecule has 13 heavy (non-hydrogen) atoms. The zero-order valence-electron chi connectivity index (χ0n) is 8.32. The molecule has 0 rings (SSSR count). The van der Waals surface area contributed by atoms with E-state index < -0.39 is 0 Å². The highest BCUT2D eigenvalue weighted by atomic mass is 127. The maximum Gasteiger partial charge on any atom is 0.325 e. The predicted octanol–water partition coefficient (Wildman–Crippen LogP) is 2.19. The van der Waals surface area contributed by atoms with E-state index in [0.717, 1.165) is 12.8 Å². The summed E-state index contributed by atoms with van der Waals surface area (Å²) in [7, 11) is 0. The molecule has 5 heteroatoms. The van der Waals surface area contributed by atoms with Crippen molar-refractivity contribution < 1.29 is 9.53 Å². The van der Waals surface area contributed by atoms with Crippen LogP contribution in [-0.2, 0) is 4.74 Å². The Morgan fingerprint density at radius 2 is 2.15 bits per heavy atom. The summed E-state index contributed by atoms with van der Waals surface area (Å²) in [6.07, 6.45) is 2.06. The molecule has 0 saturated carbocycles. The summed E-state index contributed by atoms with van der Waals surface area (Å²) < 4.78 is 7.89. The molecule has 2 amide bonds. The summed E-state index contributed by atoms with van der Waals surface area (Å²) >= 11 is 1.77. The van der Waals surface area contributed by atoms with Gasteiger partial charge in [-0.05, 0) is 20.3 Å². The van der Waals surface area contributed by atoms with E-state index in [2.05, 4.69) is 15.8 Å². The first-order chi connectivity index (χ1) is 6.02. The molecule has 78 valence electrons. The second-order valence-electron chi connectivity index (χ2n) is 3.40. The van der Waals surface area contributed by atoms with Gasteiger partial charge in [0.25, 0.3) is 0 Å². The first-order valence-electron chi connectivity index (χ1n) is 4.30. The van der Waals surface area contributed by atoms with Crippen molar-refractivity contribution in [2.45, 2.75) is 39.2 Å². The fourth-order valence-electron chi connectivity index (χ4n) is 1.00. The van der Waals surface area contributed by atoms with Gasteiger partial charge in [-0.15, -0.1) is 0 Å². The van der Waals surface area contributed by atoms with Gasteiger partial charge in [-0.25, -0.2) is 4.79 Å². The Hall–Kier alpha value is -0.0400. The number of nitrogens with one attached hydrogen (secondary N) is 2. The zero-order valence-corrected chi connectivity index (χ0v) is 10.5. The van der Waals surface area contributed by atoms with Crippen molar-refractivity contribution in [2.24, 2.45) is 0 Å². The maximum atomic E-state index is 10.7. The fourth-order valence-corrected chi connectivity index (χ4v) is 1.20. The van der Waals surface area contributed by atoms with Crippen LogP contribution in [0.25, 0.3) is 0 Å². The first kappa shape index (κ1) is 13.0. The Kier molecular flexibility index (Phi) is 6.40. The monoisotopic (exact) mass is 300 g/mol. The molecule has 0 aromatic rings. The molecule has 0 unspecified atom stereocenters. The lowest BCUT2D eigenvalue weighted by molar-refractivity contribution is -0.0287. The minimum atomic E-state index is -0.229.